The fourth-order valence-corrected chi connectivity index (χ4v) is 3.84. The lowest BCUT2D eigenvalue weighted by molar-refractivity contribution is 0.134. The Hall–Kier alpha value is -2.32. The molecule has 0 radical (unpaired) electrons. The van der Waals surface area contributed by atoms with Gasteiger partial charge in [0, 0.05) is 5.56 Å². The first kappa shape index (κ1) is 14.3. The minimum Gasteiger partial charge on any atom is -0.507 e. The maximum Gasteiger partial charge on any atom is 0.124 e. The molecule has 116 valence electrons. The van der Waals surface area contributed by atoms with Crippen LogP contribution >= 0.6 is 0 Å². The first-order valence-electron chi connectivity index (χ1n) is 8.00. The van der Waals surface area contributed by atoms with Crippen LogP contribution in [0.15, 0.2) is 36.4 Å². The van der Waals surface area contributed by atoms with Crippen molar-refractivity contribution in [3.05, 3.63) is 64.2 Å². The van der Waals surface area contributed by atoms with Gasteiger partial charge in [0.15, 0.2) is 0 Å². The predicted octanol–water partition coefficient (Wildman–Crippen LogP) is 5.17. The Labute approximate surface area is 136 Å². The number of aromatic hydroxyl groups is 1. The summed E-state index contributed by atoms with van der Waals surface area (Å²) < 4.78 is 5.68. The average Bonchev–Trinajstić information content (AvgIpc) is 3.05. The van der Waals surface area contributed by atoms with Gasteiger partial charge in [0.2, 0.25) is 0 Å². The predicted molar refractivity (Wildman–Crippen MR) is 93.8 cm³/mol. The van der Waals surface area contributed by atoms with Crippen LogP contribution in [0, 0.1) is 20.8 Å². The summed E-state index contributed by atoms with van der Waals surface area (Å²) in [4.78, 5) is 0. The molecule has 1 aliphatic rings. The van der Waals surface area contributed by atoms with E-state index in [-0.39, 0.29) is 0 Å². The SMILES string of the molecule is Cc1c(C)c(-c2c(O)ccc3ccccc23)c(C)c2c1COC2. The Balaban J connectivity index is 2.15. The Morgan fingerprint density at radius 3 is 2.26 bits per heavy atom. The van der Waals surface area contributed by atoms with E-state index in [1.165, 1.54) is 27.8 Å². The molecule has 3 aromatic rings. The van der Waals surface area contributed by atoms with E-state index in [1.54, 1.807) is 6.07 Å². The van der Waals surface area contributed by atoms with E-state index in [2.05, 4.69) is 32.9 Å². The van der Waals surface area contributed by atoms with Gasteiger partial charge in [-0.25, -0.2) is 0 Å². The number of fused-ring (bicyclic) bond motifs is 2. The number of phenols is 1. The molecule has 0 bridgehead atoms. The molecular formula is C21H20O2. The quantitative estimate of drug-likeness (QED) is 0.672. The summed E-state index contributed by atoms with van der Waals surface area (Å²) in [5, 5.41) is 12.9. The van der Waals surface area contributed by atoms with Crippen molar-refractivity contribution in [3.63, 3.8) is 0 Å². The topological polar surface area (TPSA) is 29.5 Å². The number of hydrogen-bond acceptors (Lipinski definition) is 2. The maximum absolute atomic E-state index is 10.6. The van der Waals surface area contributed by atoms with Gasteiger partial charge in [-0.1, -0.05) is 30.3 Å². The van der Waals surface area contributed by atoms with E-state index in [4.69, 9.17) is 4.74 Å². The fraction of sp³-hybridized carbons (Fsp3) is 0.238. The summed E-state index contributed by atoms with van der Waals surface area (Å²) in [5.41, 5.74) is 8.45. The molecule has 4 rings (SSSR count). The molecule has 0 amide bonds. The molecule has 2 nitrogen and oxygen atoms in total. The van der Waals surface area contributed by atoms with Crippen molar-refractivity contribution >= 4 is 10.8 Å². The van der Waals surface area contributed by atoms with E-state index in [1.807, 2.05) is 18.2 Å². The van der Waals surface area contributed by atoms with Crippen LogP contribution in [0.1, 0.15) is 27.8 Å². The zero-order valence-corrected chi connectivity index (χ0v) is 13.7. The van der Waals surface area contributed by atoms with Crippen LogP contribution in [0.4, 0.5) is 0 Å². The Morgan fingerprint density at radius 2 is 1.48 bits per heavy atom. The van der Waals surface area contributed by atoms with Crippen molar-refractivity contribution in [1.82, 2.24) is 0 Å². The molecule has 0 unspecified atom stereocenters. The van der Waals surface area contributed by atoms with Crippen molar-refractivity contribution < 1.29 is 9.84 Å². The number of hydrogen-bond donors (Lipinski definition) is 1. The number of phenolic OH excluding ortho intramolecular Hbond substituents is 1. The molecular weight excluding hydrogens is 284 g/mol. The minimum atomic E-state index is 0.341. The molecule has 0 atom stereocenters. The van der Waals surface area contributed by atoms with Gasteiger partial charge >= 0.3 is 0 Å². The normalized spacial score (nSPS) is 13.5. The second-order valence-electron chi connectivity index (χ2n) is 6.38. The smallest absolute Gasteiger partial charge is 0.124 e. The van der Waals surface area contributed by atoms with Crippen LogP contribution in [-0.4, -0.2) is 5.11 Å². The molecule has 3 aromatic carbocycles. The number of rotatable bonds is 1. The Bertz CT molecular complexity index is 938. The van der Waals surface area contributed by atoms with Gasteiger partial charge in [-0.2, -0.15) is 0 Å². The minimum absolute atomic E-state index is 0.341. The lowest BCUT2D eigenvalue weighted by Gasteiger charge is -2.20. The summed E-state index contributed by atoms with van der Waals surface area (Å²) in [6, 6.07) is 12.0. The molecule has 0 fully saturated rings. The van der Waals surface area contributed by atoms with Crippen LogP contribution in [0.25, 0.3) is 21.9 Å². The van der Waals surface area contributed by atoms with Gasteiger partial charge in [-0.15, -0.1) is 0 Å². The number of ether oxygens (including phenoxy) is 1. The van der Waals surface area contributed by atoms with Crippen LogP contribution in [-0.2, 0) is 18.0 Å². The lowest BCUT2D eigenvalue weighted by atomic mass is 9.84. The van der Waals surface area contributed by atoms with Crippen molar-refractivity contribution in [2.45, 2.75) is 34.0 Å². The third-order valence-electron chi connectivity index (χ3n) is 5.23. The standard InChI is InChI=1S/C21H20O2/c1-12-13(2)20(14(3)18-11-23-10-17(12)18)21-16-7-5-4-6-15(16)8-9-19(21)22/h4-9,22H,10-11H2,1-3H3. The first-order chi connectivity index (χ1) is 11.1. The molecule has 0 saturated heterocycles. The van der Waals surface area contributed by atoms with E-state index < -0.39 is 0 Å². The van der Waals surface area contributed by atoms with Gasteiger partial charge < -0.3 is 9.84 Å². The average molecular weight is 304 g/mol. The highest BCUT2D eigenvalue weighted by Gasteiger charge is 2.24. The van der Waals surface area contributed by atoms with Crippen LogP contribution in [0.5, 0.6) is 5.75 Å². The molecule has 23 heavy (non-hydrogen) atoms. The van der Waals surface area contributed by atoms with Crippen LogP contribution in [0.3, 0.4) is 0 Å². The van der Waals surface area contributed by atoms with E-state index in [0.29, 0.717) is 19.0 Å². The number of benzene rings is 3. The van der Waals surface area contributed by atoms with E-state index >= 15 is 0 Å². The molecule has 1 aliphatic heterocycles. The van der Waals surface area contributed by atoms with Crippen molar-refractivity contribution in [1.29, 1.82) is 0 Å². The second-order valence-corrected chi connectivity index (χ2v) is 6.38. The van der Waals surface area contributed by atoms with Gasteiger partial charge in [0.25, 0.3) is 0 Å². The monoisotopic (exact) mass is 304 g/mol. The molecule has 0 spiro atoms. The highest BCUT2D eigenvalue weighted by molar-refractivity contribution is 6.01. The third kappa shape index (κ3) is 1.98. The van der Waals surface area contributed by atoms with Crippen molar-refractivity contribution in [2.75, 3.05) is 0 Å². The molecule has 1 N–H and O–H groups in total. The van der Waals surface area contributed by atoms with Gasteiger partial charge in [0.1, 0.15) is 5.75 Å². The first-order valence-corrected chi connectivity index (χ1v) is 8.00. The highest BCUT2D eigenvalue weighted by Crippen LogP contribution is 2.43. The molecule has 0 saturated carbocycles. The van der Waals surface area contributed by atoms with Gasteiger partial charge in [0.05, 0.1) is 13.2 Å². The second kappa shape index (κ2) is 5.10. The summed E-state index contributed by atoms with van der Waals surface area (Å²) in [5.74, 6) is 0.341. The molecule has 0 aromatic heterocycles. The van der Waals surface area contributed by atoms with Gasteiger partial charge in [-0.05, 0) is 71.0 Å². The van der Waals surface area contributed by atoms with E-state index in [9.17, 15) is 5.11 Å². The van der Waals surface area contributed by atoms with Crippen LogP contribution in [0.2, 0.25) is 0 Å². The summed E-state index contributed by atoms with van der Waals surface area (Å²) in [7, 11) is 0. The highest BCUT2D eigenvalue weighted by atomic mass is 16.5. The summed E-state index contributed by atoms with van der Waals surface area (Å²) in [6.07, 6.45) is 0. The third-order valence-corrected chi connectivity index (χ3v) is 5.23. The maximum atomic E-state index is 10.6. The molecule has 1 heterocycles. The molecule has 2 heteroatoms. The zero-order chi connectivity index (χ0) is 16.1. The van der Waals surface area contributed by atoms with Crippen molar-refractivity contribution in [3.8, 4) is 16.9 Å². The largest absolute Gasteiger partial charge is 0.507 e. The summed E-state index contributed by atoms with van der Waals surface area (Å²) in [6.45, 7) is 7.83. The van der Waals surface area contributed by atoms with Crippen LogP contribution < -0.4 is 0 Å². The lowest BCUT2D eigenvalue weighted by Crippen LogP contribution is -2.01. The van der Waals surface area contributed by atoms with Crippen molar-refractivity contribution in [2.24, 2.45) is 0 Å². The Morgan fingerprint density at radius 1 is 0.783 bits per heavy atom. The molecule has 0 aliphatic carbocycles. The zero-order valence-electron chi connectivity index (χ0n) is 13.7. The Kier molecular flexibility index (Phi) is 3.17. The summed E-state index contributed by atoms with van der Waals surface area (Å²) >= 11 is 0. The van der Waals surface area contributed by atoms with Gasteiger partial charge in [-0.3, -0.25) is 0 Å². The fourth-order valence-electron chi connectivity index (χ4n) is 3.84. The van der Waals surface area contributed by atoms with E-state index in [0.717, 1.165) is 21.9 Å².